The van der Waals surface area contributed by atoms with Crippen molar-refractivity contribution in [2.45, 2.75) is 19.4 Å². The summed E-state index contributed by atoms with van der Waals surface area (Å²) >= 11 is 0. The predicted octanol–water partition coefficient (Wildman–Crippen LogP) is 2.85. The summed E-state index contributed by atoms with van der Waals surface area (Å²) in [6.45, 7) is 1.87. The molecule has 3 nitrogen and oxygen atoms in total. The van der Waals surface area contributed by atoms with E-state index in [1.54, 1.807) is 12.1 Å². The van der Waals surface area contributed by atoms with Gasteiger partial charge in [-0.2, -0.15) is 0 Å². The second kappa shape index (κ2) is 4.50. The lowest BCUT2D eigenvalue weighted by molar-refractivity contribution is 0.0573. The summed E-state index contributed by atoms with van der Waals surface area (Å²) in [7, 11) is 0. The van der Waals surface area contributed by atoms with E-state index in [0.29, 0.717) is 17.5 Å². The highest BCUT2D eigenvalue weighted by Crippen LogP contribution is 2.31. The average Bonchev–Trinajstić information content (AvgIpc) is 2.49. The molecule has 1 aliphatic heterocycles. The van der Waals surface area contributed by atoms with Crippen LogP contribution < -0.4 is 0 Å². The molecule has 20 heavy (non-hydrogen) atoms. The van der Waals surface area contributed by atoms with Gasteiger partial charge >= 0.3 is 0 Å². The molecule has 1 unspecified atom stereocenters. The molecule has 98 valence electrons. The molecular weight excluding hydrogens is 250 g/mol. The Morgan fingerprint density at radius 1 is 1.10 bits per heavy atom. The van der Waals surface area contributed by atoms with E-state index in [1.807, 2.05) is 31.2 Å². The van der Waals surface area contributed by atoms with Crippen molar-refractivity contribution in [3.05, 3.63) is 47.5 Å². The first kappa shape index (κ1) is 12.4. The summed E-state index contributed by atoms with van der Waals surface area (Å²) in [4.78, 5) is 26.4. The number of amides is 2. The summed E-state index contributed by atoms with van der Waals surface area (Å²) in [5.41, 5.74) is 1.10. The maximum atomic E-state index is 12.6. The number of benzene rings is 2. The number of imide groups is 1. The molecule has 0 bridgehead atoms. The van der Waals surface area contributed by atoms with Crippen LogP contribution in [0, 0.1) is 12.3 Å². The second-order valence-electron chi connectivity index (χ2n) is 4.78. The van der Waals surface area contributed by atoms with E-state index in [2.05, 4.69) is 5.92 Å². The van der Waals surface area contributed by atoms with Gasteiger partial charge in [-0.05, 0) is 23.9 Å². The Hall–Kier alpha value is -2.60. The molecule has 2 amide bonds. The average molecular weight is 263 g/mol. The van der Waals surface area contributed by atoms with Gasteiger partial charge < -0.3 is 0 Å². The van der Waals surface area contributed by atoms with Gasteiger partial charge in [0.1, 0.15) is 6.04 Å². The van der Waals surface area contributed by atoms with Crippen LogP contribution in [0.25, 0.3) is 10.8 Å². The maximum absolute atomic E-state index is 12.6. The van der Waals surface area contributed by atoms with E-state index < -0.39 is 6.04 Å². The standard InChI is InChI=1S/C17H13NO2/c1-3-12(4-2)18-16(19)13-9-5-7-11-8-6-10-14(15(11)13)17(18)20/h1,5-10,12H,4H2,2H3. The van der Waals surface area contributed by atoms with Crippen LogP contribution in [0.3, 0.4) is 0 Å². The van der Waals surface area contributed by atoms with Crippen molar-refractivity contribution in [1.29, 1.82) is 0 Å². The molecule has 0 spiro atoms. The minimum Gasteiger partial charge on any atom is -0.269 e. The number of nitrogens with zero attached hydrogens (tertiary/aromatic N) is 1. The molecule has 0 saturated heterocycles. The molecule has 0 aliphatic carbocycles. The predicted molar refractivity (Wildman–Crippen MR) is 77.4 cm³/mol. The third-order valence-corrected chi connectivity index (χ3v) is 3.69. The number of rotatable bonds is 2. The summed E-state index contributed by atoms with van der Waals surface area (Å²) in [5.74, 6) is 1.93. The van der Waals surface area contributed by atoms with Crippen molar-refractivity contribution in [3.63, 3.8) is 0 Å². The van der Waals surface area contributed by atoms with Gasteiger partial charge in [0.2, 0.25) is 0 Å². The Bertz CT molecular complexity index is 719. The Morgan fingerprint density at radius 3 is 2.10 bits per heavy atom. The molecule has 0 N–H and O–H groups in total. The SMILES string of the molecule is C#CC(CC)N1C(=O)c2cccc3cccc(c23)C1=O. The third-order valence-electron chi connectivity index (χ3n) is 3.69. The first-order chi connectivity index (χ1) is 9.69. The van der Waals surface area contributed by atoms with Gasteiger partial charge in [0, 0.05) is 16.5 Å². The highest BCUT2D eigenvalue weighted by molar-refractivity contribution is 6.25. The summed E-state index contributed by atoms with van der Waals surface area (Å²) in [6, 6.07) is 10.4. The van der Waals surface area contributed by atoms with Crippen LogP contribution >= 0.6 is 0 Å². The van der Waals surface area contributed by atoms with Gasteiger partial charge in [0.15, 0.2) is 0 Å². The third kappa shape index (κ3) is 1.55. The van der Waals surface area contributed by atoms with Gasteiger partial charge in [0.25, 0.3) is 11.8 Å². The highest BCUT2D eigenvalue weighted by atomic mass is 16.2. The lowest BCUT2D eigenvalue weighted by Crippen LogP contribution is -2.46. The molecule has 0 radical (unpaired) electrons. The van der Waals surface area contributed by atoms with Crippen molar-refractivity contribution >= 4 is 22.6 Å². The lowest BCUT2D eigenvalue weighted by atomic mass is 9.93. The van der Waals surface area contributed by atoms with Crippen molar-refractivity contribution in [3.8, 4) is 12.3 Å². The van der Waals surface area contributed by atoms with Crippen LogP contribution in [0.2, 0.25) is 0 Å². The number of hydrogen-bond donors (Lipinski definition) is 0. The molecule has 1 heterocycles. The van der Waals surface area contributed by atoms with Gasteiger partial charge in [-0.15, -0.1) is 6.42 Å². The zero-order chi connectivity index (χ0) is 14.3. The van der Waals surface area contributed by atoms with E-state index in [4.69, 9.17) is 6.42 Å². The summed E-state index contributed by atoms with van der Waals surface area (Å²) in [5, 5.41) is 1.63. The molecule has 1 aliphatic rings. The Balaban J connectivity index is 2.30. The first-order valence-corrected chi connectivity index (χ1v) is 6.54. The van der Waals surface area contributed by atoms with Crippen LogP contribution in [0.1, 0.15) is 34.1 Å². The van der Waals surface area contributed by atoms with E-state index in [-0.39, 0.29) is 11.8 Å². The van der Waals surface area contributed by atoms with E-state index in [0.717, 1.165) is 10.8 Å². The largest absolute Gasteiger partial charge is 0.269 e. The zero-order valence-electron chi connectivity index (χ0n) is 11.1. The fourth-order valence-electron chi connectivity index (χ4n) is 2.71. The van der Waals surface area contributed by atoms with Crippen LogP contribution in [-0.4, -0.2) is 22.8 Å². The van der Waals surface area contributed by atoms with Crippen molar-refractivity contribution in [2.75, 3.05) is 0 Å². The van der Waals surface area contributed by atoms with Crippen LogP contribution in [0.15, 0.2) is 36.4 Å². The fourth-order valence-corrected chi connectivity index (χ4v) is 2.71. The minimum absolute atomic E-state index is 0.302. The number of carbonyl (C=O) groups is 2. The monoisotopic (exact) mass is 263 g/mol. The Kier molecular flexibility index (Phi) is 2.80. The normalized spacial score (nSPS) is 15.3. The van der Waals surface area contributed by atoms with Crippen LogP contribution in [0.4, 0.5) is 0 Å². The van der Waals surface area contributed by atoms with Gasteiger partial charge in [-0.1, -0.05) is 37.1 Å². The maximum Gasteiger partial charge on any atom is 0.262 e. The van der Waals surface area contributed by atoms with E-state index in [1.165, 1.54) is 4.90 Å². The second-order valence-corrected chi connectivity index (χ2v) is 4.78. The molecule has 1 atom stereocenters. The topological polar surface area (TPSA) is 37.4 Å². The zero-order valence-corrected chi connectivity index (χ0v) is 11.1. The minimum atomic E-state index is -0.501. The van der Waals surface area contributed by atoms with Crippen molar-refractivity contribution in [2.24, 2.45) is 0 Å². The molecule has 0 aromatic heterocycles. The van der Waals surface area contributed by atoms with Crippen LogP contribution in [-0.2, 0) is 0 Å². The smallest absolute Gasteiger partial charge is 0.262 e. The van der Waals surface area contributed by atoms with Gasteiger partial charge in [-0.3, -0.25) is 14.5 Å². The van der Waals surface area contributed by atoms with E-state index >= 15 is 0 Å². The molecule has 0 saturated carbocycles. The number of hydrogen-bond acceptors (Lipinski definition) is 2. The molecule has 0 fully saturated rings. The van der Waals surface area contributed by atoms with E-state index in [9.17, 15) is 9.59 Å². The number of carbonyl (C=O) groups excluding carboxylic acids is 2. The molecule has 3 heteroatoms. The van der Waals surface area contributed by atoms with Crippen molar-refractivity contribution in [1.82, 2.24) is 4.90 Å². The molecular formula is C17H13NO2. The van der Waals surface area contributed by atoms with Crippen molar-refractivity contribution < 1.29 is 9.59 Å². The summed E-state index contributed by atoms with van der Waals surface area (Å²) in [6.07, 6.45) is 6.01. The quantitative estimate of drug-likeness (QED) is 0.617. The fraction of sp³-hybridized carbons (Fsp3) is 0.176. The lowest BCUT2D eigenvalue weighted by Gasteiger charge is -2.30. The van der Waals surface area contributed by atoms with Crippen LogP contribution in [0.5, 0.6) is 0 Å². The Labute approximate surface area is 117 Å². The van der Waals surface area contributed by atoms with Gasteiger partial charge in [-0.25, -0.2) is 0 Å². The number of terminal acetylenes is 1. The molecule has 2 aromatic carbocycles. The molecule has 3 rings (SSSR count). The van der Waals surface area contributed by atoms with Gasteiger partial charge in [0.05, 0.1) is 0 Å². The Morgan fingerprint density at radius 2 is 1.65 bits per heavy atom. The summed E-state index contributed by atoms with van der Waals surface area (Å²) < 4.78 is 0. The highest BCUT2D eigenvalue weighted by Gasteiger charge is 2.35. The molecule has 2 aromatic rings. The first-order valence-electron chi connectivity index (χ1n) is 6.54.